The smallest absolute Gasteiger partial charge is 0.250 e. The third-order valence-electron chi connectivity index (χ3n) is 4.76. The summed E-state index contributed by atoms with van der Waals surface area (Å²) >= 11 is 13.4. The van der Waals surface area contributed by atoms with Crippen LogP contribution in [0.15, 0.2) is 70.9 Å². The molecule has 2 N–H and O–H groups in total. The summed E-state index contributed by atoms with van der Waals surface area (Å²) in [5.41, 5.74) is 5.96. The molecule has 1 aromatic heterocycles. The zero-order chi connectivity index (χ0) is 24.6. The van der Waals surface area contributed by atoms with Gasteiger partial charge in [-0.1, -0.05) is 53.2 Å². The molecule has 0 radical (unpaired) electrons. The molecule has 1 amide bonds. The first kappa shape index (κ1) is 24.9. The average Bonchev–Trinajstić information content (AvgIpc) is 3.28. The van der Waals surface area contributed by atoms with Crippen molar-refractivity contribution in [2.45, 2.75) is 18.7 Å². The lowest BCUT2D eigenvalue weighted by atomic mass is 10.2. The predicted octanol–water partition coefficient (Wildman–Crippen LogP) is 6.09. The molecule has 10 heteroatoms. The number of hydrazone groups is 1. The number of amides is 1. The topological polar surface area (TPSA) is 88.6 Å². The number of H-pyrrole nitrogens is 1. The Morgan fingerprint density at radius 2 is 1.94 bits per heavy atom. The molecular formula is C25H22Cl2N4O3S. The lowest BCUT2D eigenvalue weighted by molar-refractivity contribution is -0.118. The maximum atomic E-state index is 12.2. The Labute approximate surface area is 216 Å². The van der Waals surface area contributed by atoms with Crippen LogP contribution in [-0.2, 0) is 11.4 Å². The number of aromatic nitrogens is 2. The monoisotopic (exact) mass is 528 g/mol. The molecule has 0 saturated heterocycles. The second-order valence-corrected chi connectivity index (χ2v) is 9.10. The van der Waals surface area contributed by atoms with Gasteiger partial charge in [0.05, 0.1) is 39.7 Å². The number of imidazole rings is 1. The number of para-hydroxylation sites is 2. The molecule has 7 nitrogen and oxygen atoms in total. The van der Waals surface area contributed by atoms with E-state index in [1.54, 1.807) is 30.5 Å². The number of aromatic amines is 1. The van der Waals surface area contributed by atoms with Crippen LogP contribution in [0.3, 0.4) is 0 Å². The minimum absolute atomic E-state index is 0.183. The molecule has 0 fully saturated rings. The molecule has 1 heterocycles. The van der Waals surface area contributed by atoms with Crippen LogP contribution in [0.4, 0.5) is 0 Å². The maximum Gasteiger partial charge on any atom is 0.250 e. The van der Waals surface area contributed by atoms with Gasteiger partial charge in [0, 0.05) is 0 Å². The Morgan fingerprint density at radius 1 is 1.09 bits per heavy atom. The Morgan fingerprint density at radius 3 is 2.74 bits per heavy atom. The number of hydrogen-bond donors (Lipinski definition) is 2. The van der Waals surface area contributed by atoms with Gasteiger partial charge in [-0.25, -0.2) is 10.4 Å². The second kappa shape index (κ2) is 12.0. The van der Waals surface area contributed by atoms with Gasteiger partial charge in [-0.15, -0.1) is 0 Å². The van der Waals surface area contributed by atoms with Gasteiger partial charge in [0.2, 0.25) is 0 Å². The number of nitrogens with zero attached hydrogens (tertiary/aromatic N) is 2. The van der Waals surface area contributed by atoms with Crippen LogP contribution in [0.1, 0.15) is 18.1 Å². The van der Waals surface area contributed by atoms with E-state index in [0.29, 0.717) is 39.9 Å². The van der Waals surface area contributed by atoms with Crippen molar-refractivity contribution in [2.24, 2.45) is 5.10 Å². The molecule has 4 rings (SSSR count). The molecule has 0 unspecified atom stereocenters. The molecule has 4 aromatic rings. The SMILES string of the molecule is CCOc1cc(/C=N/NC(=O)CSc2nc3ccccc3[nH]2)ccc1OCc1ccc(Cl)c(Cl)c1. The van der Waals surface area contributed by atoms with Gasteiger partial charge in [0.1, 0.15) is 6.61 Å². The molecule has 180 valence electrons. The van der Waals surface area contributed by atoms with Crippen molar-refractivity contribution in [3.05, 3.63) is 81.8 Å². The van der Waals surface area contributed by atoms with Crippen LogP contribution in [0.5, 0.6) is 11.5 Å². The van der Waals surface area contributed by atoms with E-state index in [1.165, 1.54) is 11.8 Å². The maximum absolute atomic E-state index is 12.2. The minimum atomic E-state index is -0.238. The summed E-state index contributed by atoms with van der Waals surface area (Å²) in [4.78, 5) is 19.8. The number of ether oxygens (including phenoxy) is 2. The molecule has 0 spiro atoms. The highest BCUT2D eigenvalue weighted by atomic mass is 35.5. The van der Waals surface area contributed by atoms with Gasteiger partial charge in [0.15, 0.2) is 16.7 Å². The Hall–Kier alpha value is -3.20. The lowest BCUT2D eigenvalue weighted by Gasteiger charge is -2.13. The van der Waals surface area contributed by atoms with E-state index in [-0.39, 0.29) is 11.7 Å². The number of halogens is 2. The van der Waals surface area contributed by atoms with E-state index >= 15 is 0 Å². The number of carbonyl (C=O) groups is 1. The van der Waals surface area contributed by atoms with Crippen LogP contribution < -0.4 is 14.9 Å². The Balaban J connectivity index is 1.31. The van der Waals surface area contributed by atoms with Crippen LogP contribution in [0.25, 0.3) is 11.0 Å². The molecule has 35 heavy (non-hydrogen) atoms. The van der Waals surface area contributed by atoms with Gasteiger partial charge in [0.25, 0.3) is 5.91 Å². The number of nitrogens with one attached hydrogen (secondary N) is 2. The highest BCUT2D eigenvalue weighted by Gasteiger charge is 2.09. The number of thioether (sulfide) groups is 1. The molecular weight excluding hydrogens is 507 g/mol. The van der Waals surface area contributed by atoms with Crippen LogP contribution in [-0.4, -0.2) is 34.4 Å². The number of fused-ring (bicyclic) bond motifs is 1. The van der Waals surface area contributed by atoms with Crippen molar-refractivity contribution in [2.75, 3.05) is 12.4 Å². The fourth-order valence-electron chi connectivity index (χ4n) is 3.13. The number of benzene rings is 3. The van der Waals surface area contributed by atoms with Gasteiger partial charge in [-0.2, -0.15) is 5.10 Å². The van der Waals surface area contributed by atoms with Gasteiger partial charge in [-0.3, -0.25) is 4.79 Å². The van der Waals surface area contributed by atoms with Crippen molar-refractivity contribution in [1.29, 1.82) is 0 Å². The third-order valence-corrected chi connectivity index (χ3v) is 6.37. The van der Waals surface area contributed by atoms with Gasteiger partial charge < -0.3 is 14.5 Å². The van der Waals surface area contributed by atoms with E-state index in [0.717, 1.165) is 22.2 Å². The van der Waals surface area contributed by atoms with Crippen LogP contribution in [0, 0.1) is 0 Å². The van der Waals surface area contributed by atoms with Gasteiger partial charge in [-0.05, 0) is 60.5 Å². The molecule has 0 saturated carbocycles. The summed E-state index contributed by atoms with van der Waals surface area (Å²) < 4.78 is 11.6. The average molecular weight is 529 g/mol. The largest absolute Gasteiger partial charge is 0.490 e. The fraction of sp³-hybridized carbons (Fsp3) is 0.160. The molecule has 3 aromatic carbocycles. The molecule has 0 aliphatic carbocycles. The minimum Gasteiger partial charge on any atom is -0.490 e. The van der Waals surface area contributed by atoms with Crippen molar-refractivity contribution in [1.82, 2.24) is 15.4 Å². The molecule has 0 aliphatic heterocycles. The van der Waals surface area contributed by atoms with Crippen LogP contribution in [0.2, 0.25) is 10.0 Å². The molecule has 0 aliphatic rings. The quantitative estimate of drug-likeness (QED) is 0.148. The fourth-order valence-corrected chi connectivity index (χ4v) is 4.12. The van der Waals surface area contributed by atoms with Crippen molar-refractivity contribution in [3.63, 3.8) is 0 Å². The Kier molecular flexibility index (Phi) is 8.52. The third kappa shape index (κ3) is 6.91. The predicted molar refractivity (Wildman–Crippen MR) is 141 cm³/mol. The zero-order valence-corrected chi connectivity index (χ0v) is 21.1. The molecule has 0 atom stereocenters. The highest BCUT2D eigenvalue weighted by Crippen LogP contribution is 2.30. The van der Waals surface area contributed by atoms with Crippen molar-refractivity contribution < 1.29 is 14.3 Å². The first-order valence-corrected chi connectivity index (χ1v) is 12.5. The summed E-state index contributed by atoms with van der Waals surface area (Å²) in [6, 6.07) is 18.5. The second-order valence-electron chi connectivity index (χ2n) is 7.32. The van der Waals surface area contributed by atoms with E-state index in [2.05, 4.69) is 20.5 Å². The van der Waals surface area contributed by atoms with E-state index < -0.39 is 0 Å². The summed E-state index contributed by atoms with van der Waals surface area (Å²) in [5.74, 6) is 1.10. The number of rotatable bonds is 10. The van der Waals surface area contributed by atoms with Gasteiger partial charge >= 0.3 is 0 Å². The van der Waals surface area contributed by atoms with Crippen molar-refractivity contribution in [3.8, 4) is 11.5 Å². The molecule has 0 bridgehead atoms. The first-order chi connectivity index (χ1) is 17.0. The normalized spacial score (nSPS) is 11.2. The highest BCUT2D eigenvalue weighted by molar-refractivity contribution is 7.99. The summed E-state index contributed by atoms with van der Waals surface area (Å²) in [7, 11) is 0. The number of carbonyl (C=O) groups excluding carboxylic acids is 1. The first-order valence-electron chi connectivity index (χ1n) is 10.7. The Bertz CT molecular complexity index is 1330. The zero-order valence-electron chi connectivity index (χ0n) is 18.8. The van der Waals surface area contributed by atoms with E-state index in [4.69, 9.17) is 32.7 Å². The lowest BCUT2D eigenvalue weighted by Crippen LogP contribution is -2.19. The van der Waals surface area contributed by atoms with Crippen molar-refractivity contribution >= 4 is 58.1 Å². The van der Waals surface area contributed by atoms with Crippen LogP contribution >= 0.6 is 35.0 Å². The standard InChI is InChI=1S/C25H22Cl2N4O3S/c1-2-33-23-12-16(8-10-22(23)34-14-17-7-9-18(26)19(27)11-17)13-28-31-24(32)15-35-25-29-20-5-3-4-6-21(20)30-25/h3-13H,2,14-15H2,1H3,(H,29,30)(H,31,32)/b28-13+. The summed E-state index contributed by atoms with van der Waals surface area (Å²) in [6.45, 7) is 2.67. The number of hydrogen-bond acceptors (Lipinski definition) is 6. The van der Waals surface area contributed by atoms with E-state index in [1.807, 2.05) is 43.3 Å². The van der Waals surface area contributed by atoms with E-state index in [9.17, 15) is 4.79 Å². The summed E-state index contributed by atoms with van der Waals surface area (Å²) in [5, 5.41) is 5.70. The summed E-state index contributed by atoms with van der Waals surface area (Å²) in [6.07, 6.45) is 1.55.